The van der Waals surface area contributed by atoms with Crippen molar-refractivity contribution in [1.82, 2.24) is 5.32 Å². The molecule has 1 aromatic carbocycles. The molecule has 3 N–H and O–H groups in total. The fourth-order valence-corrected chi connectivity index (χ4v) is 2.57. The summed E-state index contributed by atoms with van der Waals surface area (Å²) in [6.45, 7) is 2.49. The summed E-state index contributed by atoms with van der Waals surface area (Å²) in [5.74, 6) is 0.500. The summed E-state index contributed by atoms with van der Waals surface area (Å²) < 4.78 is 23.5. The fourth-order valence-electron chi connectivity index (χ4n) is 2.57. The smallest absolute Gasteiger partial charge is 0.237 e. The van der Waals surface area contributed by atoms with Crippen LogP contribution in [0.1, 0.15) is 25.7 Å². The largest absolute Gasteiger partial charge is 0.494 e. The molecule has 0 aliphatic carbocycles. The predicted octanol–water partition coefficient (Wildman–Crippen LogP) is 2.28. The number of carbonyl (C=O) groups excluding carboxylic acids is 1. The molecule has 7 heteroatoms. The van der Waals surface area contributed by atoms with Gasteiger partial charge in [0.15, 0.2) is 0 Å². The van der Waals surface area contributed by atoms with E-state index in [4.69, 9.17) is 15.2 Å². The minimum absolute atomic E-state index is 0. The van der Waals surface area contributed by atoms with Crippen LogP contribution in [0.5, 0.6) is 5.75 Å². The van der Waals surface area contributed by atoms with Gasteiger partial charge in [0.2, 0.25) is 5.91 Å². The summed E-state index contributed by atoms with van der Waals surface area (Å²) in [4.78, 5) is 12.0. The first kappa shape index (κ1) is 20.7. The Morgan fingerprint density at radius 2 is 1.96 bits per heavy atom. The molecule has 1 unspecified atom stereocenters. The molecule has 136 valence electrons. The number of rotatable bonds is 8. The molecule has 1 aliphatic rings. The average Bonchev–Trinajstić information content (AvgIpc) is 2.59. The van der Waals surface area contributed by atoms with Gasteiger partial charge in [0.25, 0.3) is 0 Å². The second-order valence-corrected chi connectivity index (χ2v) is 5.78. The van der Waals surface area contributed by atoms with Crippen LogP contribution >= 0.6 is 12.4 Å². The van der Waals surface area contributed by atoms with Crippen molar-refractivity contribution in [2.24, 2.45) is 11.7 Å². The summed E-state index contributed by atoms with van der Waals surface area (Å²) in [6.07, 6.45) is 3.32. The van der Waals surface area contributed by atoms with E-state index in [0.29, 0.717) is 32.1 Å². The van der Waals surface area contributed by atoms with Gasteiger partial charge in [-0.3, -0.25) is 4.79 Å². The molecule has 1 aromatic rings. The maximum Gasteiger partial charge on any atom is 0.237 e. The SMILES string of the molecule is Cl.NC(C(=O)NCCCCOc1ccc(F)cc1)C1CCOCC1. The van der Waals surface area contributed by atoms with Crippen LogP contribution in [-0.4, -0.2) is 38.3 Å². The van der Waals surface area contributed by atoms with E-state index >= 15 is 0 Å². The highest BCUT2D eigenvalue weighted by atomic mass is 35.5. The Balaban J connectivity index is 0.00000288. The Morgan fingerprint density at radius 3 is 2.62 bits per heavy atom. The van der Waals surface area contributed by atoms with E-state index in [0.717, 1.165) is 25.7 Å². The van der Waals surface area contributed by atoms with Crippen molar-refractivity contribution in [2.75, 3.05) is 26.4 Å². The van der Waals surface area contributed by atoms with Crippen LogP contribution < -0.4 is 15.8 Å². The van der Waals surface area contributed by atoms with E-state index in [-0.39, 0.29) is 30.0 Å². The minimum Gasteiger partial charge on any atom is -0.494 e. The lowest BCUT2D eigenvalue weighted by molar-refractivity contribution is -0.124. The van der Waals surface area contributed by atoms with Gasteiger partial charge in [0.1, 0.15) is 11.6 Å². The molecular formula is C17H26ClFN2O3. The normalized spacial score (nSPS) is 16.1. The molecule has 24 heavy (non-hydrogen) atoms. The predicted molar refractivity (Wildman–Crippen MR) is 92.9 cm³/mol. The van der Waals surface area contributed by atoms with Crippen LogP contribution in [0.15, 0.2) is 24.3 Å². The Bertz CT molecular complexity index is 481. The standard InChI is InChI=1S/C17H25FN2O3.ClH/c18-14-3-5-15(6-4-14)23-10-2-1-9-20-17(21)16(19)13-7-11-22-12-8-13;/h3-6,13,16H,1-2,7-12,19H2,(H,20,21);1H. The number of hydrogen-bond acceptors (Lipinski definition) is 4. The Morgan fingerprint density at radius 1 is 1.29 bits per heavy atom. The first-order chi connectivity index (χ1) is 11.2. The zero-order valence-electron chi connectivity index (χ0n) is 13.7. The van der Waals surface area contributed by atoms with Gasteiger partial charge in [-0.25, -0.2) is 4.39 Å². The molecule has 5 nitrogen and oxygen atoms in total. The molecule has 1 heterocycles. The van der Waals surface area contributed by atoms with Crippen LogP contribution in [0.4, 0.5) is 4.39 Å². The molecule has 0 spiro atoms. The van der Waals surface area contributed by atoms with Gasteiger partial charge in [-0.1, -0.05) is 0 Å². The second kappa shape index (κ2) is 11.2. The number of nitrogens with one attached hydrogen (secondary N) is 1. The topological polar surface area (TPSA) is 73.6 Å². The van der Waals surface area contributed by atoms with Gasteiger partial charge in [-0.15, -0.1) is 12.4 Å². The Hall–Kier alpha value is -1.37. The molecule has 2 rings (SSSR count). The van der Waals surface area contributed by atoms with E-state index in [1.807, 2.05) is 0 Å². The Labute approximate surface area is 148 Å². The number of carbonyl (C=O) groups is 1. The zero-order valence-corrected chi connectivity index (χ0v) is 14.5. The first-order valence-corrected chi connectivity index (χ1v) is 8.16. The van der Waals surface area contributed by atoms with Crippen LogP contribution in [0.2, 0.25) is 0 Å². The number of ether oxygens (including phenoxy) is 2. The molecule has 0 aromatic heterocycles. The lowest BCUT2D eigenvalue weighted by atomic mass is 9.92. The lowest BCUT2D eigenvalue weighted by Gasteiger charge is -2.26. The van der Waals surface area contributed by atoms with Crippen molar-refractivity contribution in [3.63, 3.8) is 0 Å². The van der Waals surface area contributed by atoms with Gasteiger partial charge in [-0.2, -0.15) is 0 Å². The second-order valence-electron chi connectivity index (χ2n) is 5.78. The van der Waals surface area contributed by atoms with E-state index < -0.39 is 6.04 Å². The van der Waals surface area contributed by atoms with Crippen molar-refractivity contribution < 1.29 is 18.7 Å². The van der Waals surface area contributed by atoms with Gasteiger partial charge < -0.3 is 20.5 Å². The number of halogens is 2. The third-order valence-corrected chi connectivity index (χ3v) is 4.03. The quantitative estimate of drug-likeness (QED) is 0.697. The van der Waals surface area contributed by atoms with Crippen LogP contribution in [0.25, 0.3) is 0 Å². The summed E-state index contributed by atoms with van der Waals surface area (Å²) in [7, 11) is 0. The van der Waals surface area contributed by atoms with Crippen molar-refractivity contribution in [1.29, 1.82) is 0 Å². The number of hydrogen-bond donors (Lipinski definition) is 2. The minimum atomic E-state index is -0.450. The first-order valence-electron chi connectivity index (χ1n) is 8.16. The highest BCUT2D eigenvalue weighted by Crippen LogP contribution is 2.17. The van der Waals surface area contributed by atoms with E-state index in [9.17, 15) is 9.18 Å². The third-order valence-electron chi connectivity index (χ3n) is 4.03. The maximum atomic E-state index is 12.7. The average molecular weight is 361 g/mol. The van der Waals surface area contributed by atoms with Crippen LogP contribution in [0.3, 0.4) is 0 Å². The molecule has 1 fully saturated rings. The summed E-state index contributed by atoms with van der Waals surface area (Å²) in [5, 5.41) is 2.88. The number of amides is 1. The molecular weight excluding hydrogens is 335 g/mol. The molecule has 0 radical (unpaired) electrons. The van der Waals surface area contributed by atoms with Crippen molar-refractivity contribution >= 4 is 18.3 Å². The molecule has 1 saturated heterocycles. The van der Waals surface area contributed by atoms with E-state index in [1.165, 1.54) is 12.1 Å². The summed E-state index contributed by atoms with van der Waals surface area (Å²) in [5.41, 5.74) is 6.00. The van der Waals surface area contributed by atoms with Gasteiger partial charge in [-0.05, 0) is 55.9 Å². The number of benzene rings is 1. The van der Waals surface area contributed by atoms with E-state index in [2.05, 4.69) is 5.32 Å². The third kappa shape index (κ3) is 7.03. The number of nitrogens with two attached hydrogens (primary N) is 1. The summed E-state index contributed by atoms with van der Waals surface area (Å²) >= 11 is 0. The molecule has 1 atom stereocenters. The van der Waals surface area contributed by atoms with Crippen molar-refractivity contribution in [3.05, 3.63) is 30.1 Å². The molecule has 1 amide bonds. The van der Waals surface area contributed by atoms with Crippen molar-refractivity contribution in [3.8, 4) is 5.75 Å². The highest BCUT2D eigenvalue weighted by Gasteiger charge is 2.26. The van der Waals surface area contributed by atoms with E-state index in [1.54, 1.807) is 12.1 Å². The Kier molecular flexibility index (Phi) is 9.67. The van der Waals surface area contributed by atoms with Crippen LogP contribution in [-0.2, 0) is 9.53 Å². The van der Waals surface area contributed by atoms with Gasteiger partial charge >= 0.3 is 0 Å². The van der Waals surface area contributed by atoms with Crippen LogP contribution in [0, 0.1) is 11.7 Å². The fraction of sp³-hybridized carbons (Fsp3) is 0.588. The maximum absolute atomic E-state index is 12.7. The molecule has 0 bridgehead atoms. The van der Waals surface area contributed by atoms with Gasteiger partial charge in [0, 0.05) is 19.8 Å². The van der Waals surface area contributed by atoms with Gasteiger partial charge in [0.05, 0.1) is 12.6 Å². The monoisotopic (exact) mass is 360 g/mol. The summed E-state index contributed by atoms with van der Waals surface area (Å²) in [6, 6.07) is 5.49. The highest BCUT2D eigenvalue weighted by molar-refractivity contribution is 5.85. The number of unbranched alkanes of at least 4 members (excludes halogenated alkanes) is 1. The molecule has 1 aliphatic heterocycles. The molecule has 0 saturated carbocycles. The zero-order chi connectivity index (χ0) is 16.5. The van der Waals surface area contributed by atoms with Crippen molar-refractivity contribution in [2.45, 2.75) is 31.7 Å². The lowest BCUT2D eigenvalue weighted by Crippen LogP contribution is -2.47.